The van der Waals surface area contributed by atoms with E-state index in [-0.39, 0.29) is 10.8 Å². The molecule has 0 bridgehead atoms. The minimum Gasteiger partial charge on any atom is -0.352 e. The maximum atomic E-state index is 13.2. The molecule has 0 saturated carbocycles. The highest BCUT2D eigenvalue weighted by Gasteiger charge is 2.28. The zero-order valence-electron chi connectivity index (χ0n) is 17.2. The monoisotopic (exact) mass is 488 g/mol. The lowest BCUT2D eigenvalue weighted by Gasteiger charge is -2.28. The predicted octanol–water partition coefficient (Wildman–Crippen LogP) is 4.71. The quantitative estimate of drug-likeness (QED) is 0.546. The van der Waals surface area contributed by atoms with Crippen LogP contribution in [0.2, 0.25) is 10.0 Å². The average molecular weight is 489 g/mol. The smallest absolute Gasteiger partial charge is 0.251 e. The van der Waals surface area contributed by atoms with E-state index < -0.39 is 10.0 Å². The second-order valence-corrected chi connectivity index (χ2v) is 10.4. The zero-order valence-corrected chi connectivity index (χ0v) is 19.6. The van der Waals surface area contributed by atoms with E-state index in [1.807, 2.05) is 30.3 Å². The van der Waals surface area contributed by atoms with Gasteiger partial charge in [-0.05, 0) is 59.9 Å². The SMILES string of the molecule is O=C(NCCc1ccc(Cl)cc1Cl)c1cccc(S(=O)(=O)N2CCc3ccccc3C2)c1. The highest BCUT2D eigenvalue weighted by Crippen LogP contribution is 2.25. The number of nitrogens with one attached hydrogen (secondary N) is 1. The van der Waals surface area contributed by atoms with Crippen molar-refractivity contribution in [2.75, 3.05) is 13.1 Å². The number of halogens is 2. The standard InChI is InChI=1S/C24H22Cl2N2O3S/c25-21-9-8-18(23(26)15-21)10-12-27-24(29)19-6-3-7-22(14-19)32(30,31)28-13-11-17-4-1-2-5-20(17)16-28/h1-9,14-15H,10-13,16H2,(H,27,29). The molecule has 0 aliphatic carbocycles. The predicted molar refractivity (Wildman–Crippen MR) is 127 cm³/mol. The molecule has 1 aliphatic heterocycles. The van der Waals surface area contributed by atoms with Crippen molar-refractivity contribution in [2.24, 2.45) is 0 Å². The van der Waals surface area contributed by atoms with Gasteiger partial charge in [0.05, 0.1) is 4.90 Å². The summed E-state index contributed by atoms with van der Waals surface area (Å²) < 4.78 is 27.9. The average Bonchev–Trinajstić information content (AvgIpc) is 2.80. The Kier molecular flexibility index (Phi) is 6.86. The number of carbonyl (C=O) groups excluding carboxylic acids is 1. The Morgan fingerprint density at radius 2 is 1.75 bits per heavy atom. The van der Waals surface area contributed by atoms with E-state index in [0.717, 1.165) is 11.1 Å². The summed E-state index contributed by atoms with van der Waals surface area (Å²) in [6.45, 7) is 1.11. The van der Waals surface area contributed by atoms with Crippen molar-refractivity contribution >= 4 is 39.1 Å². The van der Waals surface area contributed by atoms with Gasteiger partial charge in [0.2, 0.25) is 10.0 Å². The number of sulfonamides is 1. The fourth-order valence-corrected chi connectivity index (χ4v) is 5.73. The third kappa shape index (κ3) is 4.99. The van der Waals surface area contributed by atoms with Crippen molar-refractivity contribution in [3.05, 3.63) is 99.0 Å². The Labute approximate surface area is 198 Å². The van der Waals surface area contributed by atoms with Gasteiger partial charge in [-0.2, -0.15) is 4.31 Å². The summed E-state index contributed by atoms with van der Waals surface area (Å²) in [6.07, 6.45) is 1.20. The molecular formula is C24H22Cl2N2O3S. The summed E-state index contributed by atoms with van der Waals surface area (Å²) in [6, 6.07) is 19.2. The number of benzene rings is 3. The number of hydrogen-bond donors (Lipinski definition) is 1. The van der Waals surface area contributed by atoms with Gasteiger partial charge in [0.15, 0.2) is 0 Å². The van der Waals surface area contributed by atoms with E-state index >= 15 is 0 Å². The Hall–Kier alpha value is -2.38. The first-order chi connectivity index (χ1) is 15.3. The van der Waals surface area contributed by atoms with Gasteiger partial charge >= 0.3 is 0 Å². The molecule has 0 aromatic heterocycles. The van der Waals surface area contributed by atoms with Gasteiger partial charge in [-0.1, -0.05) is 59.6 Å². The molecule has 3 aromatic carbocycles. The highest BCUT2D eigenvalue weighted by molar-refractivity contribution is 7.89. The van der Waals surface area contributed by atoms with Crippen molar-refractivity contribution in [1.29, 1.82) is 0 Å². The van der Waals surface area contributed by atoms with Crippen LogP contribution in [0.15, 0.2) is 71.6 Å². The number of nitrogens with zero attached hydrogens (tertiary/aromatic N) is 1. The molecular weight excluding hydrogens is 467 g/mol. The first-order valence-corrected chi connectivity index (χ1v) is 12.4. The summed E-state index contributed by atoms with van der Waals surface area (Å²) in [5.41, 5.74) is 3.36. The van der Waals surface area contributed by atoms with Crippen LogP contribution in [-0.4, -0.2) is 31.7 Å². The third-order valence-electron chi connectivity index (χ3n) is 5.52. The van der Waals surface area contributed by atoms with Crippen LogP contribution in [-0.2, 0) is 29.4 Å². The van der Waals surface area contributed by atoms with Gasteiger partial charge in [-0.15, -0.1) is 0 Å². The lowest BCUT2D eigenvalue weighted by molar-refractivity contribution is 0.0954. The van der Waals surface area contributed by atoms with Crippen molar-refractivity contribution < 1.29 is 13.2 Å². The molecule has 0 unspecified atom stereocenters. The van der Waals surface area contributed by atoms with Crippen LogP contribution in [0.4, 0.5) is 0 Å². The lowest BCUT2D eigenvalue weighted by Crippen LogP contribution is -2.36. The van der Waals surface area contributed by atoms with Crippen molar-refractivity contribution in [2.45, 2.75) is 24.3 Å². The van der Waals surface area contributed by atoms with Gasteiger partial charge in [0.25, 0.3) is 5.91 Å². The van der Waals surface area contributed by atoms with Gasteiger partial charge in [0, 0.05) is 35.2 Å². The van der Waals surface area contributed by atoms with Crippen molar-refractivity contribution in [3.63, 3.8) is 0 Å². The molecule has 1 aliphatic rings. The second kappa shape index (κ2) is 9.63. The Bertz CT molecular complexity index is 1260. The highest BCUT2D eigenvalue weighted by atomic mass is 35.5. The molecule has 4 rings (SSSR count). The number of hydrogen-bond acceptors (Lipinski definition) is 3. The van der Waals surface area contributed by atoms with Crippen LogP contribution in [0.5, 0.6) is 0 Å². The van der Waals surface area contributed by atoms with Gasteiger partial charge in [0.1, 0.15) is 0 Å². The zero-order chi connectivity index (χ0) is 22.7. The van der Waals surface area contributed by atoms with Crippen molar-refractivity contribution in [1.82, 2.24) is 9.62 Å². The van der Waals surface area contributed by atoms with Crippen LogP contribution >= 0.6 is 23.2 Å². The Morgan fingerprint density at radius 3 is 2.53 bits per heavy atom. The minimum atomic E-state index is -3.71. The van der Waals surface area contributed by atoms with E-state index in [9.17, 15) is 13.2 Å². The molecule has 5 nitrogen and oxygen atoms in total. The second-order valence-electron chi connectivity index (χ2n) is 7.63. The molecule has 32 heavy (non-hydrogen) atoms. The van der Waals surface area contributed by atoms with Crippen LogP contribution in [0.25, 0.3) is 0 Å². The molecule has 0 saturated heterocycles. The molecule has 0 spiro atoms. The topological polar surface area (TPSA) is 66.5 Å². The molecule has 1 N–H and O–H groups in total. The first kappa shape index (κ1) is 22.8. The van der Waals surface area contributed by atoms with Gasteiger partial charge < -0.3 is 5.32 Å². The molecule has 0 radical (unpaired) electrons. The molecule has 3 aromatic rings. The fraction of sp³-hybridized carbons (Fsp3) is 0.208. The normalized spacial score (nSPS) is 14.1. The number of fused-ring (bicyclic) bond motifs is 1. The van der Waals surface area contributed by atoms with E-state index in [1.54, 1.807) is 24.3 Å². The number of rotatable bonds is 6. The summed E-state index contributed by atoms with van der Waals surface area (Å²) in [5, 5.41) is 3.92. The minimum absolute atomic E-state index is 0.116. The Morgan fingerprint density at radius 1 is 0.969 bits per heavy atom. The van der Waals surface area contributed by atoms with E-state index in [0.29, 0.717) is 48.1 Å². The van der Waals surface area contributed by atoms with E-state index in [2.05, 4.69) is 5.32 Å². The van der Waals surface area contributed by atoms with Crippen LogP contribution in [0, 0.1) is 0 Å². The van der Waals surface area contributed by atoms with Gasteiger partial charge in [-0.25, -0.2) is 8.42 Å². The number of carbonyl (C=O) groups is 1. The fourth-order valence-electron chi connectivity index (χ4n) is 3.76. The van der Waals surface area contributed by atoms with Crippen LogP contribution in [0.3, 0.4) is 0 Å². The summed E-state index contributed by atoms with van der Waals surface area (Å²) >= 11 is 12.1. The molecule has 1 heterocycles. The molecule has 0 fully saturated rings. The molecule has 0 atom stereocenters. The molecule has 166 valence electrons. The molecule has 8 heteroatoms. The Balaban J connectivity index is 1.44. The third-order valence-corrected chi connectivity index (χ3v) is 7.95. The summed E-state index contributed by atoms with van der Waals surface area (Å²) in [5.74, 6) is -0.337. The lowest BCUT2D eigenvalue weighted by atomic mass is 10.0. The summed E-state index contributed by atoms with van der Waals surface area (Å²) in [7, 11) is -3.71. The van der Waals surface area contributed by atoms with E-state index in [4.69, 9.17) is 23.2 Å². The van der Waals surface area contributed by atoms with Crippen molar-refractivity contribution in [3.8, 4) is 0 Å². The van der Waals surface area contributed by atoms with Crippen LogP contribution in [0.1, 0.15) is 27.0 Å². The maximum absolute atomic E-state index is 13.2. The maximum Gasteiger partial charge on any atom is 0.251 e. The largest absolute Gasteiger partial charge is 0.352 e. The number of amides is 1. The van der Waals surface area contributed by atoms with Crippen LogP contribution < -0.4 is 5.32 Å². The van der Waals surface area contributed by atoms with E-state index in [1.165, 1.54) is 22.0 Å². The summed E-state index contributed by atoms with van der Waals surface area (Å²) in [4.78, 5) is 12.7. The molecule has 1 amide bonds. The van der Waals surface area contributed by atoms with Gasteiger partial charge in [-0.3, -0.25) is 4.79 Å². The first-order valence-electron chi connectivity index (χ1n) is 10.2.